The Bertz CT molecular complexity index is 166. The maximum Gasteiger partial charge on any atom is 0.0665 e. The number of nitrogens with two attached hydrogens (primary N) is 2. The van der Waals surface area contributed by atoms with Crippen LogP contribution in [0.1, 0.15) is 6.42 Å². The van der Waals surface area contributed by atoms with Gasteiger partial charge in [-0.3, -0.25) is 4.21 Å². The lowest BCUT2D eigenvalue weighted by Crippen LogP contribution is -2.36. The molecule has 0 rings (SSSR count). The van der Waals surface area contributed by atoms with E-state index in [4.69, 9.17) is 17.0 Å². The number of rotatable bonds is 6. The molecule has 2 unspecified atom stereocenters. The fraction of sp³-hybridized carbons (Fsp3) is 1.00. The molecule has 72 valence electrons. The standard InChI is InChI=1S/C4H13N5O2S/c5-2-1-4(6)3-9(8-7)12(10)11/h4,7H,1-3,5-6H2,(H,10,11)/p-1. The van der Waals surface area contributed by atoms with Crippen molar-refractivity contribution in [2.75, 3.05) is 13.1 Å². The quantitative estimate of drug-likeness (QED) is 0.275. The van der Waals surface area contributed by atoms with Crippen molar-refractivity contribution in [3.8, 4) is 0 Å². The van der Waals surface area contributed by atoms with E-state index in [2.05, 4.69) is 5.22 Å². The summed E-state index contributed by atoms with van der Waals surface area (Å²) < 4.78 is 21.2. The van der Waals surface area contributed by atoms with Crippen LogP contribution in [-0.2, 0) is 11.3 Å². The van der Waals surface area contributed by atoms with Crippen molar-refractivity contribution in [2.24, 2.45) is 16.7 Å². The van der Waals surface area contributed by atoms with Gasteiger partial charge in [0.2, 0.25) is 0 Å². The molecule has 0 radical (unpaired) electrons. The summed E-state index contributed by atoms with van der Waals surface area (Å²) in [5, 5.41) is 2.76. The van der Waals surface area contributed by atoms with E-state index in [0.29, 0.717) is 17.4 Å². The first-order valence-corrected chi connectivity index (χ1v) is 4.35. The highest BCUT2D eigenvalue weighted by molar-refractivity contribution is 7.76. The van der Waals surface area contributed by atoms with Crippen LogP contribution < -0.4 is 11.5 Å². The van der Waals surface area contributed by atoms with Gasteiger partial charge in [0.15, 0.2) is 0 Å². The van der Waals surface area contributed by atoms with E-state index < -0.39 is 11.3 Å². The highest BCUT2D eigenvalue weighted by Crippen LogP contribution is 1.96. The Balaban J connectivity index is 3.85. The molecule has 0 fully saturated rings. The summed E-state index contributed by atoms with van der Waals surface area (Å²) in [4.78, 5) is 0. The first kappa shape index (κ1) is 11.4. The summed E-state index contributed by atoms with van der Waals surface area (Å²) in [7, 11) is 0. The predicted molar refractivity (Wildman–Crippen MR) is 42.4 cm³/mol. The maximum absolute atomic E-state index is 10.3. The average Bonchev–Trinajstić information content (AvgIpc) is 2.00. The highest BCUT2D eigenvalue weighted by Gasteiger charge is 2.07. The molecule has 7 nitrogen and oxygen atoms in total. The van der Waals surface area contributed by atoms with E-state index in [1.165, 1.54) is 0 Å². The molecule has 0 aromatic rings. The van der Waals surface area contributed by atoms with Crippen molar-refractivity contribution < 1.29 is 8.76 Å². The fourth-order valence-corrected chi connectivity index (χ4v) is 1.02. The highest BCUT2D eigenvalue weighted by atomic mass is 32.2. The smallest absolute Gasteiger partial charge is 0.0665 e. The van der Waals surface area contributed by atoms with Crippen LogP contribution in [0.2, 0.25) is 0 Å². The summed E-state index contributed by atoms with van der Waals surface area (Å²) in [6.45, 7) is 0.384. The van der Waals surface area contributed by atoms with Gasteiger partial charge in [0.05, 0.1) is 17.8 Å². The Labute approximate surface area is 73.0 Å². The second kappa shape index (κ2) is 6.00. The molecular weight excluding hydrogens is 182 g/mol. The van der Waals surface area contributed by atoms with E-state index in [1.54, 1.807) is 0 Å². The first-order valence-electron chi connectivity index (χ1n) is 3.31. The molecular formula is C4H12N5O2S-. The van der Waals surface area contributed by atoms with Gasteiger partial charge in [0.1, 0.15) is 0 Å². The Morgan fingerprint density at radius 1 is 1.75 bits per heavy atom. The van der Waals surface area contributed by atoms with Crippen molar-refractivity contribution in [1.82, 2.24) is 4.41 Å². The van der Waals surface area contributed by atoms with Gasteiger partial charge in [-0.1, -0.05) is 5.22 Å². The third kappa shape index (κ3) is 4.34. The molecule has 2 atom stereocenters. The van der Waals surface area contributed by atoms with Gasteiger partial charge < -0.3 is 16.0 Å². The molecule has 0 aliphatic carbocycles. The van der Waals surface area contributed by atoms with Gasteiger partial charge >= 0.3 is 0 Å². The molecule has 12 heavy (non-hydrogen) atoms. The minimum Gasteiger partial charge on any atom is -0.754 e. The lowest BCUT2D eigenvalue weighted by Gasteiger charge is -2.21. The Morgan fingerprint density at radius 2 is 2.33 bits per heavy atom. The van der Waals surface area contributed by atoms with Crippen LogP contribution >= 0.6 is 0 Å². The zero-order chi connectivity index (χ0) is 9.56. The molecule has 0 bridgehead atoms. The second-order valence-electron chi connectivity index (χ2n) is 2.19. The SMILES string of the molecule is N=NN(CC(N)CCN)S(=O)[O-]. The molecule has 5 N–H and O–H groups in total. The lowest BCUT2D eigenvalue weighted by atomic mass is 10.2. The van der Waals surface area contributed by atoms with E-state index in [-0.39, 0.29) is 12.6 Å². The molecule has 0 amide bonds. The van der Waals surface area contributed by atoms with Crippen LogP contribution in [0.15, 0.2) is 5.22 Å². The molecule has 0 aromatic carbocycles. The van der Waals surface area contributed by atoms with E-state index in [0.717, 1.165) is 0 Å². The molecule has 0 aliphatic rings. The molecule has 0 spiro atoms. The van der Waals surface area contributed by atoms with Crippen molar-refractivity contribution >= 4 is 11.3 Å². The van der Waals surface area contributed by atoms with E-state index in [9.17, 15) is 8.76 Å². The molecule has 8 heteroatoms. The van der Waals surface area contributed by atoms with Crippen LogP contribution in [0.4, 0.5) is 0 Å². The first-order chi connectivity index (χ1) is 5.61. The van der Waals surface area contributed by atoms with Crippen LogP contribution in [-0.4, -0.2) is 32.3 Å². The number of nitrogens with zero attached hydrogens (tertiary/aromatic N) is 2. The normalized spacial score (nSPS) is 15.2. The van der Waals surface area contributed by atoms with Crippen LogP contribution in [0.5, 0.6) is 0 Å². The van der Waals surface area contributed by atoms with Crippen LogP contribution in [0, 0.1) is 5.53 Å². The maximum atomic E-state index is 10.3. The van der Waals surface area contributed by atoms with Gasteiger partial charge in [0, 0.05) is 6.04 Å². The summed E-state index contributed by atoms with van der Waals surface area (Å²) in [6.07, 6.45) is 0.503. The summed E-state index contributed by atoms with van der Waals surface area (Å²) in [6, 6.07) is -0.373. The third-order valence-corrected chi connectivity index (χ3v) is 1.79. The number of hydrogen-bond donors (Lipinski definition) is 3. The Hall–Kier alpha value is -0.570. The van der Waals surface area contributed by atoms with Gasteiger partial charge in [-0.2, -0.15) is 5.53 Å². The average molecular weight is 194 g/mol. The zero-order valence-electron chi connectivity index (χ0n) is 6.47. The minimum atomic E-state index is -2.52. The number of nitrogens with one attached hydrogen (secondary N) is 1. The summed E-state index contributed by atoms with van der Waals surface area (Å²) >= 11 is -2.52. The van der Waals surface area contributed by atoms with E-state index >= 15 is 0 Å². The molecule has 0 saturated carbocycles. The fourth-order valence-electron chi connectivity index (χ4n) is 0.641. The molecule has 0 saturated heterocycles. The largest absolute Gasteiger partial charge is 0.754 e. The van der Waals surface area contributed by atoms with Gasteiger partial charge in [-0.05, 0) is 13.0 Å². The molecule has 0 aromatic heterocycles. The second-order valence-corrected chi connectivity index (χ2v) is 3.05. The van der Waals surface area contributed by atoms with Gasteiger partial charge in [0.25, 0.3) is 0 Å². The molecule has 0 aliphatic heterocycles. The zero-order valence-corrected chi connectivity index (χ0v) is 7.29. The van der Waals surface area contributed by atoms with Crippen molar-refractivity contribution in [1.29, 1.82) is 5.53 Å². The summed E-state index contributed by atoms with van der Waals surface area (Å²) in [5.41, 5.74) is 17.1. The minimum absolute atomic E-state index is 0.00316. The monoisotopic (exact) mass is 194 g/mol. The third-order valence-electron chi connectivity index (χ3n) is 1.21. The van der Waals surface area contributed by atoms with Gasteiger partial charge in [-0.25, -0.2) is 4.41 Å². The Kier molecular flexibility index (Phi) is 5.72. The van der Waals surface area contributed by atoms with Crippen LogP contribution in [0.25, 0.3) is 0 Å². The van der Waals surface area contributed by atoms with Crippen LogP contribution in [0.3, 0.4) is 0 Å². The Morgan fingerprint density at radius 3 is 2.67 bits per heavy atom. The van der Waals surface area contributed by atoms with Gasteiger partial charge in [-0.15, -0.1) is 0 Å². The predicted octanol–water partition coefficient (Wildman–Crippen LogP) is -1.30. The van der Waals surface area contributed by atoms with E-state index in [1.807, 2.05) is 0 Å². The number of hydrogen-bond acceptors (Lipinski definition) is 6. The van der Waals surface area contributed by atoms with Crippen molar-refractivity contribution in [3.05, 3.63) is 0 Å². The lowest BCUT2D eigenvalue weighted by molar-refractivity contribution is 0.350. The topological polar surface area (TPSA) is 132 Å². The van der Waals surface area contributed by atoms with Crippen molar-refractivity contribution in [3.63, 3.8) is 0 Å². The van der Waals surface area contributed by atoms with Crippen molar-refractivity contribution in [2.45, 2.75) is 12.5 Å². The summed E-state index contributed by atoms with van der Waals surface area (Å²) in [5.74, 6) is 0. The molecule has 0 heterocycles.